The SMILES string of the molecule is [B](c1cc2ncc(C3CCCCCCCC3)cc2[nH]1)C1CCCCCCC1. The minimum absolute atomic E-state index is 0.710. The van der Waals surface area contributed by atoms with Crippen molar-refractivity contribution in [3.05, 3.63) is 23.9 Å². The zero-order valence-electron chi connectivity index (χ0n) is 17.0. The molecule has 2 saturated carbocycles. The lowest BCUT2D eigenvalue weighted by Gasteiger charge is -2.18. The van der Waals surface area contributed by atoms with Gasteiger partial charge in [0.25, 0.3) is 0 Å². The van der Waals surface area contributed by atoms with E-state index in [1.807, 2.05) is 0 Å². The summed E-state index contributed by atoms with van der Waals surface area (Å²) in [6.07, 6.45) is 23.1. The van der Waals surface area contributed by atoms with Gasteiger partial charge in [-0.15, -0.1) is 0 Å². The molecule has 2 aromatic heterocycles. The zero-order chi connectivity index (χ0) is 18.3. The second-order valence-corrected chi connectivity index (χ2v) is 9.09. The highest BCUT2D eigenvalue weighted by molar-refractivity contribution is 6.54. The summed E-state index contributed by atoms with van der Waals surface area (Å²) in [6, 6.07) is 4.67. The maximum atomic E-state index is 4.83. The molecule has 0 amide bonds. The summed E-state index contributed by atoms with van der Waals surface area (Å²) < 4.78 is 0. The number of aromatic nitrogens is 2. The number of hydrogen-bond donors (Lipinski definition) is 1. The van der Waals surface area contributed by atoms with E-state index < -0.39 is 0 Å². The number of pyridine rings is 1. The van der Waals surface area contributed by atoms with Crippen molar-refractivity contribution in [2.75, 3.05) is 0 Å². The zero-order valence-corrected chi connectivity index (χ0v) is 17.0. The molecular weight excluding hydrogens is 327 g/mol. The Labute approximate surface area is 166 Å². The van der Waals surface area contributed by atoms with E-state index in [9.17, 15) is 0 Å². The van der Waals surface area contributed by atoms with Gasteiger partial charge in [-0.3, -0.25) is 4.98 Å². The van der Waals surface area contributed by atoms with Gasteiger partial charge in [0.15, 0.2) is 7.28 Å². The summed E-state index contributed by atoms with van der Waals surface area (Å²) >= 11 is 0. The van der Waals surface area contributed by atoms with Crippen LogP contribution in [-0.2, 0) is 0 Å². The monoisotopic (exact) mass is 363 g/mol. The number of nitrogens with one attached hydrogen (secondary N) is 1. The van der Waals surface area contributed by atoms with Crippen LogP contribution >= 0.6 is 0 Å². The fraction of sp³-hybridized carbons (Fsp3) is 0.708. The summed E-state index contributed by atoms with van der Waals surface area (Å²) in [5.74, 6) is 1.45. The Morgan fingerprint density at radius 3 is 2.00 bits per heavy atom. The van der Waals surface area contributed by atoms with E-state index in [2.05, 4.69) is 30.6 Å². The molecule has 0 aliphatic heterocycles. The second kappa shape index (κ2) is 9.80. The molecular formula is C24H36BN2. The van der Waals surface area contributed by atoms with Crippen molar-refractivity contribution in [1.29, 1.82) is 0 Å². The van der Waals surface area contributed by atoms with Crippen LogP contribution in [0.5, 0.6) is 0 Å². The smallest absolute Gasteiger partial charge is 0.178 e. The molecule has 2 fully saturated rings. The van der Waals surface area contributed by atoms with Crippen molar-refractivity contribution in [3.63, 3.8) is 0 Å². The highest BCUT2D eigenvalue weighted by atomic mass is 14.8. The number of nitrogens with zero attached hydrogens (tertiary/aromatic N) is 1. The standard InChI is InChI=1S/C24H36BN2/c1-2-5-9-13-19(12-8-4-1)20-16-23-22(26-18-20)17-24(27-23)25-21-14-10-6-3-7-11-15-21/h16-19,21,27H,1-15H2. The molecule has 1 N–H and O–H groups in total. The van der Waals surface area contributed by atoms with Gasteiger partial charge in [0, 0.05) is 6.20 Å². The van der Waals surface area contributed by atoms with Gasteiger partial charge in [0.05, 0.1) is 11.0 Å². The van der Waals surface area contributed by atoms with Gasteiger partial charge in [-0.2, -0.15) is 0 Å². The van der Waals surface area contributed by atoms with Gasteiger partial charge < -0.3 is 4.98 Å². The van der Waals surface area contributed by atoms with Gasteiger partial charge in [-0.1, -0.05) is 89.3 Å². The Kier molecular flexibility index (Phi) is 6.93. The largest absolute Gasteiger partial charge is 0.366 e. The van der Waals surface area contributed by atoms with Crippen LogP contribution in [0.25, 0.3) is 11.0 Å². The van der Waals surface area contributed by atoms with Gasteiger partial charge in [-0.05, 0) is 42.0 Å². The van der Waals surface area contributed by atoms with Crippen LogP contribution in [0.1, 0.15) is 108 Å². The number of H-pyrrole nitrogens is 1. The van der Waals surface area contributed by atoms with Crippen LogP contribution < -0.4 is 5.59 Å². The van der Waals surface area contributed by atoms with Gasteiger partial charge in [-0.25, -0.2) is 0 Å². The number of aromatic amines is 1. The van der Waals surface area contributed by atoms with E-state index in [0.29, 0.717) is 5.92 Å². The average molecular weight is 363 g/mol. The fourth-order valence-corrected chi connectivity index (χ4v) is 5.23. The summed E-state index contributed by atoms with van der Waals surface area (Å²) in [5.41, 5.74) is 5.13. The predicted molar refractivity (Wildman–Crippen MR) is 117 cm³/mol. The van der Waals surface area contributed by atoms with Crippen molar-refractivity contribution in [2.45, 2.75) is 108 Å². The van der Waals surface area contributed by atoms with E-state index in [-0.39, 0.29) is 0 Å². The normalized spacial score (nSPS) is 21.8. The topological polar surface area (TPSA) is 28.7 Å². The van der Waals surface area contributed by atoms with Crippen LogP contribution in [0.4, 0.5) is 0 Å². The number of rotatable bonds is 3. The Hall–Kier alpha value is -1.25. The first-order valence-electron chi connectivity index (χ1n) is 11.7. The molecule has 1 radical (unpaired) electrons. The van der Waals surface area contributed by atoms with Crippen LogP contribution in [0.15, 0.2) is 18.3 Å². The third-order valence-corrected chi connectivity index (χ3v) is 6.90. The third-order valence-electron chi connectivity index (χ3n) is 6.90. The number of fused-ring (bicyclic) bond motifs is 1. The number of hydrogen-bond acceptors (Lipinski definition) is 1. The van der Waals surface area contributed by atoms with Crippen molar-refractivity contribution in [3.8, 4) is 0 Å². The molecule has 0 spiro atoms. The lowest BCUT2D eigenvalue weighted by atomic mass is 9.58. The third kappa shape index (κ3) is 5.39. The van der Waals surface area contributed by atoms with Gasteiger partial charge >= 0.3 is 0 Å². The molecule has 2 aliphatic carbocycles. The van der Waals surface area contributed by atoms with Crippen LogP contribution in [0.3, 0.4) is 0 Å². The minimum Gasteiger partial charge on any atom is -0.366 e. The van der Waals surface area contributed by atoms with Crippen molar-refractivity contribution in [1.82, 2.24) is 9.97 Å². The Bertz CT molecular complexity index is 689. The molecule has 0 unspecified atom stereocenters. The average Bonchev–Trinajstić information content (AvgIpc) is 3.10. The molecule has 0 aromatic carbocycles. The van der Waals surface area contributed by atoms with Crippen LogP contribution in [-0.4, -0.2) is 17.2 Å². The molecule has 3 heteroatoms. The highest BCUT2D eigenvalue weighted by Crippen LogP contribution is 2.31. The maximum Gasteiger partial charge on any atom is 0.178 e. The first-order valence-corrected chi connectivity index (χ1v) is 11.7. The Morgan fingerprint density at radius 1 is 0.741 bits per heavy atom. The lowest BCUT2D eigenvalue weighted by Crippen LogP contribution is -2.21. The van der Waals surface area contributed by atoms with E-state index in [1.165, 1.54) is 113 Å². The van der Waals surface area contributed by atoms with E-state index in [1.54, 1.807) is 0 Å². The molecule has 0 bridgehead atoms. The fourth-order valence-electron chi connectivity index (χ4n) is 5.23. The molecule has 2 heterocycles. The van der Waals surface area contributed by atoms with Crippen LogP contribution in [0, 0.1) is 0 Å². The summed E-state index contributed by atoms with van der Waals surface area (Å²) in [7, 11) is 2.49. The Morgan fingerprint density at radius 2 is 1.33 bits per heavy atom. The Balaban J connectivity index is 1.45. The van der Waals surface area contributed by atoms with Crippen LogP contribution in [0.2, 0.25) is 5.82 Å². The van der Waals surface area contributed by atoms with E-state index in [4.69, 9.17) is 4.98 Å². The van der Waals surface area contributed by atoms with Crippen molar-refractivity contribution in [2.24, 2.45) is 0 Å². The maximum absolute atomic E-state index is 4.83. The van der Waals surface area contributed by atoms with Crippen molar-refractivity contribution >= 4 is 23.9 Å². The molecule has 0 saturated heterocycles. The predicted octanol–water partition coefficient (Wildman–Crippen LogP) is 6.64. The molecule has 2 nitrogen and oxygen atoms in total. The molecule has 2 aromatic rings. The first-order chi connectivity index (χ1) is 13.4. The van der Waals surface area contributed by atoms with E-state index >= 15 is 0 Å². The molecule has 0 atom stereocenters. The molecule has 4 rings (SSSR count). The summed E-state index contributed by atoms with van der Waals surface area (Å²) in [5, 5.41) is 0. The quantitative estimate of drug-likeness (QED) is 0.608. The van der Waals surface area contributed by atoms with E-state index in [0.717, 1.165) is 11.3 Å². The lowest BCUT2D eigenvalue weighted by molar-refractivity contribution is 0.502. The minimum atomic E-state index is 0.710. The summed E-state index contributed by atoms with van der Waals surface area (Å²) in [4.78, 5) is 8.51. The summed E-state index contributed by atoms with van der Waals surface area (Å²) in [6.45, 7) is 0. The second-order valence-electron chi connectivity index (χ2n) is 9.09. The van der Waals surface area contributed by atoms with Crippen molar-refractivity contribution < 1.29 is 0 Å². The molecule has 27 heavy (non-hydrogen) atoms. The van der Waals surface area contributed by atoms with Gasteiger partial charge in [0.2, 0.25) is 0 Å². The molecule has 145 valence electrons. The highest BCUT2D eigenvalue weighted by Gasteiger charge is 2.17. The first kappa shape index (κ1) is 19.1. The van der Waals surface area contributed by atoms with Gasteiger partial charge in [0.1, 0.15) is 0 Å². The molecule has 2 aliphatic rings.